The molecule has 4 rings (SSSR count). The van der Waals surface area contributed by atoms with Crippen molar-refractivity contribution in [1.82, 2.24) is 0 Å². The van der Waals surface area contributed by atoms with Crippen molar-refractivity contribution in [3.8, 4) is 17.2 Å². The molecule has 2 aliphatic heterocycles. The molecule has 0 atom stereocenters. The van der Waals surface area contributed by atoms with Gasteiger partial charge in [0.25, 0.3) is 0 Å². The average molecular weight is 425 g/mol. The number of nitrogens with zero attached hydrogens (tertiary/aromatic N) is 2. The number of ether oxygens (including phenoxy) is 3. The SMILES string of the molecule is COc1cc(N2CCCCC2)ccc1Cc1c(OC)cc(N2CCCCC2)cc1OC. The molecule has 0 aliphatic carbocycles. The summed E-state index contributed by atoms with van der Waals surface area (Å²) in [6.45, 7) is 4.44. The fraction of sp³-hybridized carbons (Fsp3) is 0.538. The summed E-state index contributed by atoms with van der Waals surface area (Å²) in [6.07, 6.45) is 8.37. The molecule has 2 fully saturated rings. The number of anilines is 2. The Labute approximate surface area is 186 Å². The second kappa shape index (κ2) is 10.2. The average Bonchev–Trinajstić information content (AvgIpc) is 2.85. The van der Waals surface area contributed by atoms with Crippen LogP contribution in [0.5, 0.6) is 17.2 Å². The Hall–Kier alpha value is -2.56. The van der Waals surface area contributed by atoms with E-state index in [4.69, 9.17) is 14.2 Å². The first-order chi connectivity index (χ1) is 15.2. The van der Waals surface area contributed by atoms with Crippen molar-refractivity contribution in [1.29, 1.82) is 0 Å². The molecule has 0 unspecified atom stereocenters. The van der Waals surface area contributed by atoms with E-state index in [9.17, 15) is 0 Å². The molecule has 5 nitrogen and oxygen atoms in total. The Morgan fingerprint density at radius 3 is 1.61 bits per heavy atom. The van der Waals surface area contributed by atoms with E-state index in [1.54, 1.807) is 21.3 Å². The van der Waals surface area contributed by atoms with Gasteiger partial charge in [0.15, 0.2) is 0 Å². The summed E-state index contributed by atoms with van der Waals surface area (Å²) in [5.74, 6) is 2.68. The summed E-state index contributed by atoms with van der Waals surface area (Å²) in [5.41, 5.74) is 4.64. The van der Waals surface area contributed by atoms with E-state index in [1.807, 2.05) is 0 Å². The first-order valence-electron chi connectivity index (χ1n) is 11.6. The molecule has 168 valence electrons. The second-order valence-corrected chi connectivity index (χ2v) is 8.60. The molecule has 0 aromatic heterocycles. The molecule has 0 N–H and O–H groups in total. The molecular weight excluding hydrogens is 388 g/mol. The summed E-state index contributed by atoms with van der Waals surface area (Å²) >= 11 is 0. The van der Waals surface area contributed by atoms with Crippen molar-refractivity contribution in [2.75, 3.05) is 57.3 Å². The van der Waals surface area contributed by atoms with Gasteiger partial charge in [-0.3, -0.25) is 0 Å². The predicted octanol–water partition coefficient (Wildman–Crippen LogP) is 5.28. The van der Waals surface area contributed by atoms with E-state index in [2.05, 4.69) is 40.1 Å². The van der Waals surface area contributed by atoms with E-state index in [0.717, 1.165) is 54.6 Å². The highest BCUT2D eigenvalue weighted by molar-refractivity contribution is 5.63. The Kier molecular flexibility index (Phi) is 7.10. The van der Waals surface area contributed by atoms with Crippen LogP contribution in [0, 0.1) is 0 Å². The maximum atomic E-state index is 5.83. The van der Waals surface area contributed by atoms with Gasteiger partial charge in [0.2, 0.25) is 0 Å². The number of methoxy groups -OCH3 is 3. The Morgan fingerprint density at radius 2 is 1.10 bits per heavy atom. The van der Waals surface area contributed by atoms with Gasteiger partial charge in [-0.1, -0.05) is 6.07 Å². The van der Waals surface area contributed by atoms with Crippen LogP contribution in [0.1, 0.15) is 49.7 Å². The summed E-state index contributed by atoms with van der Waals surface area (Å²) in [6, 6.07) is 10.9. The minimum atomic E-state index is 0.704. The number of hydrogen-bond acceptors (Lipinski definition) is 5. The van der Waals surface area contributed by atoms with Crippen LogP contribution < -0.4 is 24.0 Å². The van der Waals surface area contributed by atoms with Gasteiger partial charge in [-0.15, -0.1) is 0 Å². The van der Waals surface area contributed by atoms with Crippen molar-refractivity contribution >= 4 is 11.4 Å². The Morgan fingerprint density at radius 1 is 0.613 bits per heavy atom. The molecule has 0 saturated carbocycles. The maximum Gasteiger partial charge on any atom is 0.128 e. The van der Waals surface area contributed by atoms with Gasteiger partial charge in [-0.05, 0) is 50.2 Å². The molecule has 2 saturated heterocycles. The van der Waals surface area contributed by atoms with Gasteiger partial charge >= 0.3 is 0 Å². The number of rotatable bonds is 7. The van der Waals surface area contributed by atoms with Gasteiger partial charge in [0, 0.05) is 67.7 Å². The van der Waals surface area contributed by atoms with E-state index in [-0.39, 0.29) is 0 Å². The predicted molar refractivity (Wildman–Crippen MR) is 127 cm³/mol. The fourth-order valence-electron chi connectivity index (χ4n) is 4.90. The molecule has 2 aliphatic rings. The van der Waals surface area contributed by atoms with Crippen molar-refractivity contribution in [3.05, 3.63) is 41.5 Å². The Balaban J connectivity index is 1.63. The summed E-state index contributed by atoms with van der Waals surface area (Å²) in [4.78, 5) is 4.90. The van der Waals surface area contributed by atoms with E-state index < -0.39 is 0 Å². The third kappa shape index (κ3) is 4.86. The Bertz CT molecular complexity index is 846. The van der Waals surface area contributed by atoms with Crippen molar-refractivity contribution in [2.24, 2.45) is 0 Å². The molecule has 0 spiro atoms. The smallest absolute Gasteiger partial charge is 0.128 e. The zero-order chi connectivity index (χ0) is 21.6. The normalized spacial score (nSPS) is 16.9. The molecular formula is C26H36N2O3. The lowest BCUT2D eigenvalue weighted by molar-refractivity contribution is 0.385. The van der Waals surface area contributed by atoms with Crippen molar-refractivity contribution in [3.63, 3.8) is 0 Å². The molecule has 5 heteroatoms. The van der Waals surface area contributed by atoms with E-state index in [1.165, 1.54) is 49.9 Å². The van der Waals surface area contributed by atoms with Crippen LogP contribution in [-0.4, -0.2) is 47.5 Å². The molecule has 0 radical (unpaired) electrons. The summed E-state index contributed by atoms with van der Waals surface area (Å²) in [5, 5.41) is 0. The third-order valence-corrected chi connectivity index (χ3v) is 6.67. The highest BCUT2D eigenvalue weighted by atomic mass is 16.5. The zero-order valence-electron chi connectivity index (χ0n) is 19.3. The van der Waals surface area contributed by atoms with E-state index in [0.29, 0.717) is 6.42 Å². The number of piperidine rings is 2. The summed E-state index contributed by atoms with van der Waals surface area (Å²) in [7, 11) is 5.25. The first-order valence-corrected chi connectivity index (χ1v) is 11.6. The highest BCUT2D eigenvalue weighted by Crippen LogP contribution is 2.39. The third-order valence-electron chi connectivity index (χ3n) is 6.67. The van der Waals surface area contributed by atoms with Gasteiger partial charge in [-0.25, -0.2) is 0 Å². The second-order valence-electron chi connectivity index (χ2n) is 8.60. The molecule has 0 bridgehead atoms. The topological polar surface area (TPSA) is 34.2 Å². The minimum absolute atomic E-state index is 0.704. The van der Waals surface area contributed by atoms with Crippen LogP contribution >= 0.6 is 0 Å². The van der Waals surface area contributed by atoms with Gasteiger partial charge < -0.3 is 24.0 Å². The van der Waals surface area contributed by atoms with Gasteiger partial charge in [0.05, 0.1) is 21.3 Å². The zero-order valence-corrected chi connectivity index (χ0v) is 19.3. The standard InChI is InChI=1S/C26H36N2O3/c1-29-24-17-21(27-12-6-4-7-13-27)11-10-20(24)16-23-25(30-2)18-22(19-26(23)31-3)28-14-8-5-9-15-28/h10-11,17-19H,4-9,12-16H2,1-3H3. The molecule has 2 aromatic carbocycles. The van der Waals surface area contributed by atoms with Crippen LogP contribution in [0.3, 0.4) is 0 Å². The van der Waals surface area contributed by atoms with Crippen molar-refractivity contribution < 1.29 is 14.2 Å². The quantitative estimate of drug-likeness (QED) is 0.604. The van der Waals surface area contributed by atoms with Crippen molar-refractivity contribution in [2.45, 2.75) is 44.9 Å². The van der Waals surface area contributed by atoms with E-state index >= 15 is 0 Å². The molecule has 2 aromatic rings. The van der Waals surface area contributed by atoms with Crippen LogP contribution in [0.2, 0.25) is 0 Å². The van der Waals surface area contributed by atoms with Crippen LogP contribution in [0.4, 0.5) is 11.4 Å². The first kappa shape index (κ1) is 21.7. The monoisotopic (exact) mass is 424 g/mol. The fourth-order valence-corrected chi connectivity index (χ4v) is 4.90. The highest BCUT2D eigenvalue weighted by Gasteiger charge is 2.20. The van der Waals surface area contributed by atoms with Crippen LogP contribution in [0.25, 0.3) is 0 Å². The van der Waals surface area contributed by atoms with Gasteiger partial charge in [0.1, 0.15) is 17.2 Å². The summed E-state index contributed by atoms with van der Waals surface area (Å²) < 4.78 is 17.5. The maximum absolute atomic E-state index is 5.83. The van der Waals surface area contributed by atoms with Crippen LogP contribution in [-0.2, 0) is 6.42 Å². The van der Waals surface area contributed by atoms with Crippen LogP contribution in [0.15, 0.2) is 30.3 Å². The largest absolute Gasteiger partial charge is 0.496 e. The number of benzene rings is 2. The molecule has 31 heavy (non-hydrogen) atoms. The molecule has 0 amide bonds. The lowest BCUT2D eigenvalue weighted by Crippen LogP contribution is -2.29. The number of hydrogen-bond donors (Lipinski definition) is 0. The molecule has 2 heterocycles. The lowest BCUT2D eigenvalue weighted by atomic mass is 9.99. The lowest BCUT2D eigenvalue weighted by Gasteiger charge is -2.30. The van der Waals surface area contributed by atoms with Gasteiger partial charge in [-0.2, -0.15) is 0 Å². The minimum Gasteiger partial charge on any atom is -0.496 e.